The van der Waals surface area contributed by atoms with Crippen LogP contribution in [0.3, 0.4) is 0 Å². The normalized spacial score (nSPS) is 10.5. The van der Waals surface area contributed by atoms with Crippen molar-refractivity contribution in [2.24, 2.45) is 0 Å². The van der Waals surface area contributed by atoms with Gasteiger partial charge in [-0.25, -0.2) is 19.2 Å². The zero-order valence-electron chi connectivity index (χ0n) is 12.8. The Labute approximate surface area is 140 Å². The van der Waals surface area contributed by atoms with Crippen molar-refractivity contribution in [3.8, 4) is 22.9 Å². The monoisotopic (exact) mass is 345 g/mol. The number of ether oxygens (including phenoxy) is 2. The molecule has 1 aromatic carbocycles. The van der Waals surface area contributed by atoms with Gasteiger partial charge in [0.25, 0.3) is 0 Å². The predicted molar refractivity (Wildman–Crippen MR) is 85.7 cm³/mol. The van der Waals surface area contributed by atoms with Crippen LogP contribution in [0.25, 0.3) is 11.3 Å². The molecule has 0 fully saturated rings. The minimum absolute atomic E-state index is 0.00551. The van der Waals surface area contributed by atoms with Crippen molar-refractivity contribution in [2.45, 2.75) is 6.92 Å². The Hall–Kier alpha value is -2.87. The van der Waals surface area contributed by atoms with Crippen LogP contribution in [0.2, 0.25) is 0 Å². The standard InChI is InChI=1S/C16H12FN3O3S/c1-9-19-13(8-24-9)10-3-4-14(11(17)5-10)23-15-7-18-6-12(20-15)16(21)22-2/h3-8H,1-2H3. The van der Waals surface area contributed by atoms with Crippen LogP contribution in [0, 0.1) is 12.7 Å². The van der Waals surface area contributed by atoms with E-state index in [9.17, 15) is 9.18 Å². The number of hydrogen-bond acceptors (Lipinski definition) is 7. The first-order chi connectivity index (χ1) is 11.6. The second kappa shape index (κ2) is 6.71. The number of aryl methyl sites for hydroxylation is 1. The van der Waals surface area contributed by atoms with E-state index in [1.807, 2.05) is 12.3 Å². The summed E-state index contributed by atoms with van der Waals surface area (Å²) in [5, 5.41) is 2.76. The molecule has 0 spiro atoms. The summed E-state index contributed by atoms with van der Waals surface area (Å²) in [6, 6.07) is 4.51. The molecule has 0 saturated heterocycles. The number of nitrogens with zero attached hydrogens (tertiary/aromatic N) is 3. The zero-order valence-corrected chi connectivity index (χ0v) is 13.6. The van der Waals surface area contributed by atoms with Crippen LogP contribution in [-0.2, 0) is 4.74 Å². The molecule has 0 aliphatic carbocycles. The average Bonchev–Trinajstić information content (AvgIpc) is 3.02. The first-order valence-corrected chi connectivity index (χ1v) is 7.75. The largest absolute Gasteiger partial charge is 0.464 e. The summed E-state index contributed by atoms with van der Waals surface area (Å²) in [6.45, 7) is 1.88. The summed E-state index contributed by atoms with van der Waals surface area (Å²) in [5.41, 5.74) is 1.33. The molecule has 0 aliphatic heterocycles. The highest BCUT2D eigenvalue weighted by Crippen LogP contribution is 2.28. The molecule has 0 unspecified atom stereocenters. The molecule has 0 amide bonds. The maximum absolute atomic E-state index is 14.3. The second-order valence-corrected chi connectivity index (χ2v) is 5.80. The first-order valence-electron chi connectivity index (χ1n) is 6.87. The molecular weight excluding hydrogens is 333 g/mol. The number of carbonyl (C=O) groups is 1. The lowest BCUT2D eigenvalue weighted by molar-refractivity contribution is 0.0592. The molecule has 8 heteroatoms. The highest BCUT2D eigenvalue weighted by atomic mass is 32.1. The van der Waals surface area contributed by atoms with Crippen molar-refractivity contribution in [1.82, 2.24) is 15.0 Å². The molecule has 0 saturated carbocycles. The molecule has 2 aromatic heterocycles. The van der Waals surface area contributed by atoms with Gasteiger partial charge >= 0.3 is 5.97 Å². The second-order valence-electron chi connectivity index (χ2n) is 4.73. The summed E-state index contributed by atoms with van der Waals surface area (Å²) < 4.78 is 24.2. The van der Waals surface area contributed by atoms with E-state index in [1.54, 1.807) is 6.07 Å². The number of methoxy groups -OCH3 is 1. The molecule has 122 valence electrons. The molecule has 0 aliphatic rings. The number of rotatable bonds is 4. The third-order valence-corrected chi connectivity index (χ3v) is 3.84. The van der Waals surface area contributed by atoms with Gasteiger partial charge in [-0.05, 0) is 25.1 Å². The fourth-order valence-corrected chi connectivity index (χ4v) is 2.57. The molecule has 3 rings (SSSR count). The van der Waals surface area contributed by atoms with Crippen LogP contribution in [-0.4, -0.2) is 28.0 Å². The number of halogens is 1. The fourth-order valence-electron chi connectivity index (χ4n) is 1.95. The zero-order chi connectivity index (χ0) is 17.1. The molecule has 0 bridgehead atoms. The summed E-state index contributed by atoms with van der Waals surface area (Å²) in [5.74, 6) is -1.25. The van der Waals surface area contributed by atoms with E-state index in [0.29, 0.717) is 11.3 Å². The summed E-state index contributed by atoms with van der Waals surface area (Å²) >= 11 is 1.49. The van der Waals surface area contributed by atoms with Gasteiger partial charge in [-0.2, -0.15) is 0 Å². The van der Waals surface area contributed by atoms with Crippen molar-refractivity contribution in [3.05, 3.63) is 52.5 Å². The van der Waals surface area contributed by atoms with Crippen molar-refractivity contribution < 1.29 is 18.7 Å². The number of hydrogen-bond donors (Lipinski definition) is 0. The molecule has 3 aromatic rings. The lowest BCUT2D eigenvalue weighted by Crippen LogP contribution is -2.05. The van der Waals surface area contributed by atoms with Gasteiger partial charge in [0.05, 0.1) is 30.2 Å². The minimum atomic E-state index is -0.650. The van der Waals surface area contributed by atoms with Crippen LogP contribution >= 0.6 is 11.3 Å². The van der Waals surface area contributed by atoms with E-state index < -0.39 is 11.8 Å². The van der Waals surface area contributed by atoms with Crippen molar-refractivity contribution in [2.75, 3.05) is 7.11 Å². The molecule has 24 heavy (non-hydrogen) atoms. The number of thiazole rings is 1. The van der Waals surface area contributed by atoms with Gasteiger partial charge in [-0.15, -0.1) is 11.3 Å². The van der Waals surface area contributed by atoms with E-state index in [2.05, 4.69) is 19.7 Å². The van der Waals surface area contributed by atoms with Gasteiger partial charge in [0.1, 0.15) is 0 Å². The number of esters is 1. The molecule has 0 N–H and O–H groups in total. The summed E-state index contributed by atoms with van der Waals surface area (Å²) in [6.07, 6.45) is 2.52. The Morgan fingerprint density at radius 1 is 1.25 bits per heavy atom. The predicted octanol–water partition coefficient (Wildman–Crippen LogP) is 3.63. The smallest absolute Gasteiger partial charge is 0.358 e. The Morgan fingerprint density at radius 2 is 2.08 bits per heavy atom. The number of carbonyl (C=O) groups excluding carboxylic acids is 1. The van der Waals surface area contributed by atoms with Gasteiger partial charge < -0.3 is 9.47 Å². The average molecular weight is 345 g/mol. The fraction of sp³-hybridized carbons (Fsp3) is 0.125. The molecule has 0 atom stereocenters. The topological polar surface area (TPSA) is 74.2 Å². The van der Waals surface area contributed by atoms with Crippen LogP contribution in [0.15, 0.2) is 36.0 Å². The Morgan fingerprint density at radius 3 is 2.75 bits per heavy atom. The van der Waals surface area contributed by atoms with E-state index in [-0.39, 0.29) is 17.3 Å². The molecule has 2 heterocycles. The van der Waals surface area contributed by atoms with E-state index in [1.165, 1.54) is 43.0 Å². The quantitative estimate of drug-likeness (QED) is 0.672. The Bertz CT molecular complexity index is 898. The number of aromatic nitrogens is 3. The Balaban J connectivity index is 1.84. The highest BCUT2D eigenvalue weighted by Gasteiger charge is 2.13. The van der Waals surface area contributed by atoms with Gasteiger partial charge in [0.2, 0.25) is 5.88 Å². The molecular formula is C16H12FN3O3S. The Kier molecular flexibility index (Phi) is 4.48. The van der Waals surface area contributed by atoms with Crippen LogP contribution < -0.4 is 4.74 Å². The molecule has 6 nitrogen and oxygen atoms in total. The third-order valence-electron chi connectivity index (χ3n) is 3.07. The lowest BCUT2D eigenvalue weighted by Gasteiger charge is -2.07. The van der Waals surface area contributed by atoms with Gasteiger partial charge in [-0.3, -0.25) is 4.98 Å². The minimum Gasteiger partial charge on any atom is -0.464 e. The van der Waals surface area contributed by atoms with Crippen LogP contribution in [0.1, 0.15) is 15.5 Å². The maximum atomic E-state index is 14.3. The van der Waals surface area contributed by atoms with Crippen LogP contribution in [0.5, 0.6) is 11.6 Å². The summed E-state index contributed by atoms with van der Waals surface area (Å²) in [7, 11) is 1.23. The van der Waals surface area contributed by atoms with E-state index in [0.717, 1.165) is 5.01 Å². The number of benzene rings is 1. The van der Waals surface area contributed by atoms with E-state index in [4.69, 9.17) is 4.74 Å². The van der Waals surface area contributed by atoms with Crippen molar-refractivity contribution >= 4 is 17.3 Å². The maximum Gasteiger partial charge on any atom is 0.358 e. The SMILES string of the molecule is COC(=O)c1cncc(Oc2ccc(-c3csc(C)n3)cc2F)n1. The van der Waals surface area contributed by atoms with Crippen LogP contribution in [0.4, 0.5) is 4.39 Å². The molecule has 0 radical (unpaired) electrons. The highest BCUT2D eigenvalue weighted by molar-refractivity contribution is 7.09. The lowest BCUT2D eigenvalue weighted by atomic mass is 10.1. The van der Waals surface area contributed by atoms with Crippen molar-refractivity contribution in [3.63, 3.8) is 0 Å². The third kappa shape index (κ3) is 3.38. The van der Waals surface area contributed by atoms with Gasteiger partial charge in [-0.1, -0.05) is 0 Å². The van der Waals surface area contributed by atoms with E-state index >= 15 is 0 Å². The first kappa shape index (κ1) is 16.0. The summed E-state index contributed by atoms with van der Waals surface area (Å²) in [4.78, 5) is 23.5. The van der Waals surface area contributed by atoms with Gasteiger partial charge in [0, 0.05) is 10.9 Å². The van der Waals surface area contributed by atoms with Gasteiger partial charge in [0.15, 0.2) is 17.3 Å². The van der Waals surface area contributed by atoms with Crippen molar-refractivity contribution in [1.29, 1.82) is 0 Å².